The summed E-state index contributed by atoms with van der Waals surface area (Å²) in [5, 5.41) is 0.0146. The number of aromatic amines is 1. The second-order valence-corrected chi connectivity index (χ2v) is 7.81. The molecule has 1 N–H and O–H groups in total. The van der Waals surface area contributed by atoms with Gasteiger partial charge < -0.3 is 4.42 Å². The van der Waals surface area contributed by atoms with Crippen LogP contribution in [0.15, 0.2) is 61.4 Å². The molecule has 1 unspecified atom stereocenters. The highest BCUT2D eigenvalue weighted by atomic mass is 32.2. The van der Waals surface area contributed by atoms with E-state index in [4.69, 9.17) is 0 Å². The molecule has 0 saturated carbocycles. The van der Waals surface area contributed by atoms with Gasteiger partial charge >= 0.3 is 11.4 Å². The third-order valence-electron chi connectivity index (χ3n) is 4.33. The summed E-state index contributed by atoms with van der Waals surface area (Å²) in [5.74, 6) is -0.879. The number of para-hydroxylation sites is 1. The maximum Gasteiger partial charge on any atom is 0.419 e. The highest BCUT2D eigenvalue weighted by Crippen LogP contribution is 2.36. The van der Waals surface area contributed by atoms with E-state index in [0.29, 0.717) is 12.1 Å². The fraction of sp³-hybridized carbons (Fsp3) is 0.176. The van der Waals surface area contributed by atoms with Gasteiger partial charge in [0, 0.05) is 6.04 Å². The lowest BCUT2D eigenvalue weighted by molar-refractivity contribution is 0.460. The molecule has 0 fully saturated rings. The summed E-state index contributed by atoms with van der Waals surface area (Å²) in [6.07, 6.45) is 0.623. The van der Waals surface area contributed by atoms with E-state index in [1.54, 1.807) is 12.1 Å². The highest BCUT2D eigenvalue weighted by Gasteiger charge is 2.36. The number of hydrogen-bond acceptors (Lipinski definition) is 5. The number of anilines is 1. The van der Waals surface area contributed by atoms with E-state index in [2.05, 4.69) is 9.40 Å². The predicted octanol–water partition coefficient (Wildman–Crippen LogP) is 1.62. The number of nitrogens with zero attached hydrogens (tertiary/aromatic N) is 1. The molecule has 4 rings (SSSR count). The van der Waals surface area contributed by atoms with Crippen LogP contribution in [0.2, 0.25) is 0 Å². The van der Waals surface area contributed by atoms with Gasteiger partial charge in [0.2, 0.25) is 0 Å². The van der Waals surface area contributed by atoms with E-state index in [9.17, 15) is 18.0 Å². The van der Waals surface area contributed by atoms with Crippen molar-refractivity contribution in [1.29, 1.82) is 0 Å². The summed E-state index contributed by atoms with van der Waals surface area (Å²) in [4.78, 5) is 25.4. The zero-order chi connectivity index (χ0) is 17.8. The topological polar surface area (TPSA) is 100 Å². The van der Waals surface area contributed by atoms with E-state index in [1.807, 2.05) is 19.1 Å². The zero-order valence-corrected chi connectivity index (χ0v) is 14.0. The molecule has 3 aromatic rings. The first-order valence-electron chi connectivity index (χ1n) is 7.67. The summed E-state index contributed by atoms with van der Waals surface area (Å²) >= 11 is 0. The van der Waals surface area contributed by atoms with Crippen LogP contribution < -0.4 is 15.7 Å². The molecule has 2 aromatic carbocycles. The zero-order valence-electron chi connectivity index (χ0n) is 13.2. The van der Waals surface area contributed by atoms with E-state index >= 15 is 0 Å². The van der Waals surface area contributed by atoms with Crippen LogP contribution in [0.4, 0.5) is 5.69 Å². The number of aromatic nitrogens is 1. The Labute approximate surface area is 142 Å². The Morgan fingerprint density at radius 3 is 2.72 bits per heavy atom. The molecule has 128 valence electrons. The molecule has 2 heterocycles. The molecule has 1 aliphatic heterocycles. The molecule has 0 amide bonds. The van der Waals surface area contributed by atoms with E-state index < -0.39 is 21.4 Å². The van der Waals surface area contributed by atoms with Gasteiger partial charge in [-0.1, -0.05) is 18.2 Å². The first kappa shape index (κ1) is 15.6. The highest BCUT2D eigenvalue weighted by molar-refractivity contribution is 7.92. The van der Waals surface area contributed by atoms with Gasteiger partial charge in [-0.25, -0.2) is 18.0 Å². The summed E-state index contributed by atoms with van der Waals surface area (Å²) in [6.45, 7) is 1.84. The lowest BCUT2D eigenvalue weighted by Gasteiger charge is -2.24. The molecule has 7 nitrogen and oxygen atoms in total. The third kappa shape index (κ3) is 2.37. The number of H-pyrrole nitrogens is 1. The normalized spacial score (nSPS) is 17.0. The minimum absolute atomic E-state index is 0.0146. The first-order chi connectivity index (χ1) is 11.9. The summed E-state index contributed by atoms with van der Waals surface area (Å²) < 4.78 is 32.2. The Balaban J connectivity index is 1.91. The molecule has 1 aliphatic rings. The van der Waals surface area contributed by atoms with Gasteiger partial charge in [0.25, 0.3) is 10.0 Å². The van der Waals surface area contributed by atoms with Crippen LogP contribution in [-0.4, -0.2) is 19.4 Å². The van der Waals surface area contributed by atoms with E-state index in [0.717, 1.165) is 5.56 Å². The van der Waals surface area contributed by atoms with Gasteiger partial charge in [-0.05, 0) is 43.2 Å². The van der Waals surface area contributed by atoms with Crippen molar-refractivity contribution in [2.24, 2.45) is 0 Å². The van der Waals surface area contributed by atoms with Gasteiger partial charge in [-0.2, -0.15) is 0 Å². The maximum absolute atomic E-state index is 13.2. The smallest absolute Gasteiger partial charge is 0.372 e. The molecule has 0 aliphatic carbocycles. The second kappa shape index (κ2) is 5.32. The SMILES string of the molecule is CC1Cc2ccccc2N1S(=O)(=O)c1ccc2[nH]c(=O)oc(=O)c2c1. The van der Waals surface area contributed by atoms with Crippen LogP contribution in [-0.2, 0) is 16.4 Å². The van der Waals surface area contributed by atoms with Crippen molar-refractivity contribution in [1.82, 2.24) is 4.98 Å². The Morgan fingerprint density at radius 1 is 1.16 bits per heavy atom. The average Bonchev–Trinajstić information content (AvgIpc) is 2.90. The average molecular weight is 358 g/mol. The van der Waals surface area contributed by atoms with Crippen molar-refractivity contribution in [3.63, 3.8) is 0 Å². The second-order valence-electron chi connectivity index (χ2n) is 5.99. The van der Waals surface area contributed by atoms with Gasteiger partial charge in [0.05, 0.1) is 21.5 Å². The maximum atomic E-state index is 13.2. The molecule has 0 saturated heterocycles. The minimum Gasteiger partial charge on any atom is -0.372 e. The fourth-order valence-corrected chi connectivity index (χ4v) is 4.97. The van der Waals surface area contributed by atoms with Gasteiger partial charge in [-0.15, -0.1) is 0 Å². The predicted molar refractivity (Wildman–Crippen MR) is 92.4 cm³/mol. The number of benzene rings is 2. The van der Waals surface area contributed by atoms with Crippen molar-refractivity contribution in [3.8, 4) is 0 Å². The van der Waals surface area contributed by atoms with Gasteiger partial charge in [0.15, 0.2) is 0 Å². The van der Waals surface area contributed by atoms with Crippen LogP contribution in [0.1, 0.15) is 12.5 Å². The summed E-state index contributed by atoms with van der Waals surface area (Å²) in [5.41, 5.74) is 0.965. The van der Waals surface area contributed by atoms with Crippen LogP contribution in [0.5, 0.6) is 0 Å². The van der Waals surface area contributed by atoms with E-state index in [1.165, 1.54) is 22.5 Å². The van der Waals surface area contributed by atoms with Gasteiger partial charge in [-0.3, -0.25) is 9.29 Å². The lowest BCUT2D eigenvalue weighted by Crippen LogP contribution is -2.35. The minimum atomic E-state index is -3.86. The Morgan fingerprint density at radius 2 is 1.92 bits per heavy atom. The van der Waals surface area contributed by atoms with Crippen molar-refractivity contribution in [2.45, 2.75) is 24.3 Å². The Bertz CT molecular complexity index is 1210. The van der Waals surface area contributed by atoms with Crippen molar-refractivity contribution < 1.29 is 12.8 Å². The molecule has 1 atom stereocenters. The Hall–Kier alpha value is -2.87. The summed E-state index contributed by atoms with van der Waals surface area (Å²) in [7, 11) is -3.86. The van der Waals surface area contributed by atoms with Crippen LogP contribution >= 0.6 is 0 Å². The standard InChI is InChI=1S/C17H14N2O5S/c1-10-8-11-4-2-3-5-15(11)19(10)25(22,23)12-6-7-14-13(9-12)16(20)24-17(21)18-14/h2-7,9-10H,8H2,1H3,(H,18,21). The molecule has 1 aromatic heterocycles. The number of hydrogen-bond donors (Lipinski definition) is 1. The largest absolute Gasteiger partial charge is 0.419 e. The van der Waals surface area contributed by atoms with Crippen molar-refractivity contribution in [2.75, 3.05) is 4.31 Å². The first-order valence-corrected chi connectivity index (χ1v) is 9.11. The van der Waals surface area contributed by atoms with Crippen LogP contribution in [0.25, 0.3) is 10.9 Å². The number of rotatable bonds is 2. The Kier molecular flexibility index (Phi) is 3.33. The number of fused-ring (bicyclic) bond motifs is 2. The molecule has 25 heavy (non-hydrogen) atoms. The molecule has 0 radical (unpaired) electrons. The molecule has 0 spiro atoms. The molecule has 0 bridgehead atoms. The molecular weight excluding hydrogens is 344 g/mol. The fourth-order valence-electron chi connectivity index (χ4n) is 3.25. The van der Waals surface area contributed by atoms with Crippen molar-refractivity contribution in [3.05, 3.63) is 69.0 Å². The number of nitrogens with one attached hydrogen (secondary N) is 1. The molecule has 8 heteroatoms. The third-order valence-corrected chi connectivity index (χ3v) is 6.26. The summed E-state index contributed by atoms with van der Waals surface area (Å²) in [6, 6.07) is 11.1. The quantitative estimate of drug-likeness (QED) is 0.750. The van der Waals surface area contributed by atoms with Crippen LogP contribution in [0, 0.1) is 0 Å². The number of sulfonamides is 1. The van der Waals surface area contributed by atoms with Crippen LogP contribution in [0.3, 0.4) is 0 Å². The van der Waals surface area contributed by atoms with Crippen molar-refractivity contribution >= 4 is 26.6 Å². The van der Waals surface area contributed by atoms with E-state index in [-0.39, 0.29) is 21.8 Å². The lowest BCUT2D eigenvalue weighted by atomic mass is 10.1. The monoisotopic (exact) mass is 358 g/mol. The van der Waals surface area contributed by atoms with Gasteiger partial charge in [0.1, 0.15) is 0 Å². The molecular formula is C17H14N2O5S.